The summed E-state index contributed by atoms with van der Waals surface area (Å²) in [7, 11) is 0. The lowest BCUT2D eigenvalue weighted by Gasteiger charge is -2.23. The van der Waals surface area contributed by atoms with Gasteiger partial charge in [0.1, 0.15) is 0 Å². The fourth-order valence-corrected chi connectivity index (χ4v) is 2.97. The maximum Gasteiger partial charge on any atom is 0.220 e. The molecule has 1 aliphatic rings. The van der Waals surface area contributed by atoms with E-state index < -0.39 is 0 Å². The number of halogens is 2. The molecule has 1 aromatic carbocycles. The van der Waals surface area contributed by atoms with E-state index in [1.165, 1.54) is 6.42 Å². The van der Waals surface area contributed by atoms with Crippen molar-refractivity contribution in [2.24, 2.45) is 11.8 Å². The van der Waals surface area contributed by atoms with Crippen LogP contribution in [0.2, 0.25) is 5.02 Å². The van der Waals surface area contributed by atoms with Gasteiger partial charge in [0.25, 0.3) is 0 Å². The van der Waals surface area contributed by atoms with Gasteiger partial charge >= 0.3 is 0 Å². The van der Waals surface area contributed by atoms with Crippen LogP contribution < -0.4 is 10.6 Å². The Balaban J connectivity index is 0.00000242. The van der Waals surface area contributed by atoms with Gasteiger partial charge in [0.2, 0.25) is 5.91 Å². The summed E-state index contributed by atoms with van der Waals surface area (Å²) in [5.74, 6) is 1.16. The van der Waals surface area contributed by atoms with Gasteiger partial charge in [-0.1, -0.05) is 37.6 Å². The molecule has 1 amide bonds. The largest absolute Gasteiger partial charge is 0.349 e. The van der Waals surface area contributed by atoms with Crippen LogP contribution in [-0.2, 0) is 4.79 Å². The number of carbonyl (C=O) groups is 1. The minimum Gasteiger partial charge on any atom is -0.349 e. The van der Waals surface area contributed by atoms with E-state index in [0.29, 0.717) is 18.3 Å². The minimum absolute atomic E-state index is 0. The van der Waals surface area contributed by atoms with Crippen LogP contribution in [0.3, 0.4) is 0 Å². The van der Waals surface area contributed by atoms with E-state index >= 15 is 0 Å². The molecule has 2 atom stereocenters. The van der Waals surface area contributed by atoms with Crippen molar-refractivity contribution in [3.63, 3.8) is 0 Å². The Morgan fingerprint density at radius 1 is 1.36 bits per heavy atom. The normalized spacial score (nSPS) is 18.8. The number of rotatable bonds is 6. The summed E-state index contributed by atoms with van der Waals surface area (Å²) < 4.78 is 0. The molecular formula is C17H26Cl2N2O. The molecule has 2 rings (SSSR count). The van der Waals surface area contributed by atoms with Gasteiger partial charge in [-0.3, -0.25) is 4.79 Å². The molecule has 124 valence electrons. The van der Waals surface area contributed by atoms with Crippen LogP contribution in [0.15, 0.2) is 24.3 Å². The molecule has 1 heterocycles. The van der Waals surface area contributed by atoms with Gasteiger partial charge in [0.15, 0.2) is 0 Å². The number of nitrogens with one attached hydrogen (secondary N) is 2. The fraction of sp³-hybridized carbons (Fsp3) is 0.588. The van der Waals surface area contributed by atoms with Gasteiger partial charge < -0.3 is 10.6 Å². The molecule has 5 heteroatoms. The zero-order valence-electron chi connectivity index (χ0n) is 13.3. The third kappa shape index (κ3) is 5.79. The van der Waals surface area contributed by atoms with Crippen LogP contribution in [-0.4, -0.2) is 19.0 Å². The van der Waals surface area contributed by atoms with Crippen molar-refractivity contribution in [2.45, 2.75) is 39.2 Å². The Labute approximate surface area is 144 Å². The summed E-state index contributed by atoms with van der Waals surface area (Å²) in [6.07, 6.45) is 2.78. The molecule has 22 heavy (non-hydrogen) atoms. The first kappa shape index (κ1) is 19.3. The average molecular weight is 345 g/mol. The topological polar surface area (TPSA) is 41.1 Å². The zero-order chi connectivity index (χ0) is 15.2. The highest BCUT2D eigenvalue weighted by atomic mass is 35.5. The Kier molecular flexibility index (Phi) is 8.23. The lowest BCUT2D eigenvalue weighted by Crippen LogP contribution is -2.32. The maximum atomic E-state index is 12.2. The first-order chi connectivity index (χ1) is 10.1. The average Bonchev–Trinajstić information content (AvgIpc) is 2.97. The summed E-state index contributed by atoms with van der Waals surface area (Å²) in [6.45, 7) is 6.39. The van der Waals surface area contributed by atoms with E-state index in [-0.39, 0.29) is 24.4 Å². The Hall–Kier alpha value is -0.770. The maximum absolute atomic E-state index is 12.2. The SMILES string of the molecule is CC(C)C(NC(=O)CCC1CCNC1)c1ccc(Cl)cc1.Cl. The van der Waals surface area contributed by atoms with E-state index in [9.17, 15) is 4.79 Å². The third-order valence-corrected chi connectivity index (χ3v) is 4.41. The lowest BCUT2D eigenvalue weighted by molar-refractivity contribution is -0.122. The molecular weight excluding hydrogens is 319 g/mol. The van der Waals surface area contributed by atoms with Crippen molar-refractivity contribution in [1.82, 2.24) is 10.6 Å². The quantitative estimate of drug-likeness (QED) is 0.819. The standard InChI is InChI=1S/C17H25ClN2O.ClH/c1-12(2)17(14-4-6-15(18)7-5-14)20-16(21)8-3-13-9-10-19-11-13;/h4-7,12-13,17,19H,3,8-11H2,1-2H3,(H,20,21);1H. The van der Waals surface area contributed by atoms with Gasteiger partial charge in [0.05, 0.1) is 6.04 Å². The summed E-state index contributed by atoms with van der Waals surface area (Å²) in [4.78, 5) is 12.2. The van der Waals surface area contributed by atoms with E-state index in [1.807, 2.05) is 24.3 Å². The Bertz CT molecular complexity index is 456. The first-order valence-electron chi connectivity index (χ1n) is 7.82. The highest BCUT2D eigenvalue weighted by Gasteiger charge is 2.20. The molecule has 1 saturated heterocycles. The summed E-state index contributed by atoms with van der Waals surface area (Å²) in [5, 5.41) is 7.24. The van der Waals surface area contributed by atoms with Crippen molar-refractivity contribution in [3.8, 4) is 0 Å². The zero-order valence-corrected chi connectivity index (χ0v) is 14.8. The van der Waals surface area contributed by atoms with Crippen molar-refractivity contribution in [2.75, 3.05) is 13.1 Å². The van der Waals surface area contributed by atoms with Crippen LogP contribution in [0.4, 0.5) is 0 Å². The van der Waals surface area contributed by atoms with E-state index in [2.05, 4.69) is 24.5 Å². The van der Waals surface area contributed by atoms with Gasteiger partial charge in [-0.15, -0.1) is 12.4 Å². The Morgan fingerprint density at radius 2 is 2.05 bits per heavy atom. The van der Waals surface area contributed by atoms with Gasteiger partial charge in [-0.05, 0) is 55.5 Å². The molecule has 3 nitrogen and oxygen atoms in total. The number of hydrogen-bond donors (Lipinski definition) is 2. The van der Waals surface area contributed by atoms with Crippen molar-refractivity contribution in [3.05, 3.63) is 34.9 Å². The fourth-order valence-electron chi connectivity index (χ4n) is 2.85. The monoisotopic (exact) mass is 344 g/mol. The van der Waals surface area contributed by atoms with Crippen LogP contribution in [0.25, 0.3) is 0 Å². The summed E-state index contributed by atoms with van der Waals surface area (Å²) in [5.41, 5.74) is 1.12. The highest BCUT2D eigenvalue weighted by Crippen LogP contribution is 2.24. The summed E-state index contributed by atoms with van der Waals surface area (Å²) in [6, 6.07) is 7.80. The molecule has 0 aromatic heterocycles. The third-order valence-electron chi connectivity index (χ3n) is 4.15. The molecule has 0 saturated carbocycles. The van der Waals surface area contributed by atoms with Crippen molar-refractivity contribution < 1.29 is 4.79 Å². The second-order valence-electron chi connectivity index (χ2n) is 6.24. The van der Waals surface area contributed by atoms with E-state index in [1.54, 1.807) is 0 Å². The number of carbonyl (C=O) groups excluding carboxylic acids is 1. The molecule has 0 radical (unpaired) electrons. The van der Waals surface area contributed by atoms with E-state index in [0.717, 1.165) is 30.1 Å². The number of hydrogen-bond acceptors (Lipinski definition) is 2. The highest BCUT2D eigenvalue weighted by molar-refractivity contribution is 6.30. The van der Waals surface area contributed by atoms with Gasteiger partial charge in [-0.2, -0.15) is 0 Å². The van der Waals surface area contributed by atoms with Crippen LogP contribution in [0.5, 0.6) is 0 Å². The molecule has 1 aromatic rings. The molecule has 2 N–H and O–H groups in total. The smallest absolute Gasteiger partial charge is 0.220 e. The molecule has 2 unspecified atom stereocenters. The second kappa shape index (κ2) is 9.39. The summed E-state index contributed by atoms with van der Waals surface area (Å²) >= 11 is 5.93. The van der Waals surface area contributed by atoms with Crippen LogP contribution in [0, 0.1) is 11.8 Å². The van der Waals surface area contributed by atoms with Crippen LogP contribution in [0.1, 0.15) is 44.7 Å². The number of amides is 1. The van der Waals surface area contributed by atoms with Gasteiger partial charge in [-0.25, -0.2) is 0 Å². The minimum atomic E-state index is 0. The Morgan fingerprint density at radius 3 is 2.59 bits per heavy atom. The molecule has 0 spiro atoms. The van der Waals surface area contributed by atoms with Crippen LogP contribution >= 0.6 is 24.0 Å². The molecule has 0 bridgehead atoms. The van der Waals surface area contributed by atoms with Gasteiger partial charge in [0, 0.05) is 11.4 Å². The van der Waals surface area contributed by atoms with E-state index in [4.69, 9.17) is 11.6 Å². The predicted octanol–water partition coefficient (Wildman–Crippen LogP) is 3.96. The second-order valence-corrected chi connectivity index (χ2v) is 6.67. The molecule has 1 aliphatic heterocycles. The lowest BCUT2D eigenvalue weighted by atomic mass is 9.95. The van der Waals surface area contributed by atoms with Crippen molar-refractivity contribution >= 4 is 29.9 Å². The number of benzene rings is 1. The van der Waals surface area contributed by atoms with Crippen molar-refractivity contribution in [1.29, 1.82) is 0 Å². The molecule has 0 aliphatic carbocycles. The molecule has 1 fully saturated rings. The first-order valence-corrected chi connectivity index (χ1v) is 8.19. The predicted molar refractivity (Wildman–Crippen MR) is 94.6 cm³/mol.